The summed E-state index contributed by atoms with van der Waals surface area (Å²) in [6.07, 6.45) is 0.939. The normalized spacial score (nSPS) is 11.3. The third-order valence-corrected chi connectivity index (χ3v) is 2.76. The van der Waals surface area contributed by atoms with Crippen molar-refractivity contribution < 1.29 is 17.9 Å². The monoisotopic (exact) mass is 279 g/mol. The van der Waals surface area contributed by atoms with Gasteiger partial charge < -0.3 is 10.1 Å². The summed E-state index contributed by atoms with van der Waals surface area (Å²) in [7, 11) is 0. The molecule has 0 heterocycles. The van der Waals surface area contributed by atoms with Gasteiger partial charge in [-0.1, -0.05) is 6.92 Å². The molecule has 0 bridgehead atoms. The van der Waals surface area contributed by atoms with E-state index in [1.54, 1.807) is 24.3 Å². The van der Waals surface area contributed by atoms with E-state index in [1.165, 1.54) is 0 Å². The van der Waals surface area contributed by atoms with E-state index in [-0.39, 0.29) is 24.1 Å². The summed E-state index contributed by atoms with van der Waals surface area (Å²) in [6.45, 7) is 2.96. The number of hydrogen-bond acceptors (Lipinski definition) is 3. The lowest BCUT2D eigenvalue weighted by atomic mass is 10.3. The highest BCUT2D eigenvalue weighted by Gasteiger charge is 2.27. The first-order valence-electron chi connectivity index (χ1n) is 5.68. The molecule has 0 aliphatic carbocycles. The second-order valence-corrected chi connectivity index (χ2v) is 4.75. The quantitative estimate of drug-likeness (QED) is 0.758. The summed E-state index contributed by atoms with van der Waals surface area (Å²) >= 11 is -0.0201. The average Bonchev–Trinajstić information content (AvgIpc) is 2.32. The Morgan fingerprint density at radius 3 is 2.44 bits per heavy atom. The van der Waals surface area contributed by atoms with E-state index >= 15 is 0 Å². The standard InChI is InChI=1S/C12H16F3NOS/c1-2-8-17-11-5-3-10(4-6-11)16-7-9-18-12(13,14)15/h3-6,16H,2,7-9H2,1H3. The fourth-order valence-corrected chi connectivity index (χ4v) is 1.69. The highest BCUT2D eigenvalue weighted by atomic mass is 32.2. The Morgan fingerprint density at radius 1 is 1.22 bits per heavy atom. The Bertz CT molecular complexity index is 340. The first-order valence-corrected chi connectivity index (χ1v) is 6.67. The van der Waals surface area contributed by atoms with Gasteiger partial charge in [0.2, 0.25) is 0 Å². The van der Waals surface area contributed by atoms with Gasteiger partial charge in [0.25, 0.3) is 0 Å². The highest BCUT2D eigenvalue weighted by molar-refractivity contribution is 8.00. The highest BCUT2D eigenvalue weighted by Crippen LogP contribution is 2.29. The van der Waals surface area contributed by atoms with Crippen LogP contribution in [0.25, 0.3) is 0 Å². The van der Waals surface area contributed by atoms with E-state index in [0.717, 1.165) is 17.9 Å². The van der Waals surface area contributed by atoms with Crippen LogP contribution in [0.4, 0.5) is 18.9 Å². The van der Waals surface area contributed by atoms with Crippen LogP contribution >= 0.6 is 11.8 Å². The first kappa shape index (κ1) is 15.0. The number of alkyl halides is 3. The number of benzene rings is 1. The average molecular weight is 279 g/mol. The molecule has 0 unspecified atom stereocenters. The SMILES string of the molecule is CCCOc1ccc(NCCSC(F)(F)F)cc1. The second-order valence-electron chi connectivity index (χ2n) is 3.59. The summed E-state index contributed by atoms with van der Waals surface area (Å²) in [5, 5.41) is 2.92. The molecule has 0 aliphatic rings. The number of ether oxygens (including phenoxy) is 1. The minimum absolute atomic E-state index is 0.00239. The van der Waals surface area contributed by atoms with Crippen molar-refractivity contribution in [3.8, 4) is 5.75 Å². The molecule has 2 nitrogen and oxygen atoms in total. The zero-order chi connectivity index (χ0) is 13.4. The lowest BCUT2D eigenvalue weighted by molar-refractivity contribution is -0.0327. The first-order chi connectivity index (χ1) is 8.51. The molecule has 18 heavy (non-hydrogen) atoms. The molecule has 0 aliphatic heterocycles. The van der Waals surface area contributed by atoms with Crippen molar-refractivity contribution in [3.63, 3.8) is 0 Å². The van der Waals surface area contributed by atoms with Gasteiger partial charge in [-0.2, -0.15) is 13.2 Å². The van der Waals surface area contributed by atoms with Crippen LogP contribution in [0, 0.1) is 0 Å². The molecule has 0 saturated carbocycles. The molecule has 102 valence electrons. The van der Waals surface area contributed by atoms with Crippen LogP contribution < -0.4 is 10.1 Å². The molecule has 0 amide bonds. The van der Waals surface area contributed by atoms with Crippen LogP contribution in [0.5, 0.6) is 5.75 Å². The van der Waals surface area contributed by atoms with E-state index in [4.69, 9.17) is 4.74 Å². The van der Waals surface area contributed by atoms with E-state index in [2.05, 4.69) is 5.32 Å². The zero-order valence-corrected chi connectivity index (χ0v) is 10.9. The third-order valence-electron chi connectivity index (χ3n) is 2.02. The number of anilines is 1. The maximum atomic E-state index is 11.9. The van der Waals surface area contributed by atoms with Crippen LogP contribution in [-0.4, -0.2) is 24.4 Å². The largest absolute Gasteiger partial charge is 0.494 e. The summed E-state index contributed by atoms with van der Waals surface area (Å²) in [4.78, 5) is 0. The minimum Gasteiger partial charge on any atom is -0.494 e. The zero-order valence-electron chi connectivity index (χ0n) is 10.1. The molecule has 0 saturated heterocycles. The molecule has 1 N–H and O–H groups in total. The Balaban J connectivity index is 2.26. The molecule has 1 rings (SSSR count). The van der Waals surface area contributed by atoms with Crippen molar-refractivity contribution in [2.75, 3.05) is 24.2 Å². The number of halogens is 3. The maximum Gasteiger partial charge on any atom is 0.441 e. The number of nitrogens with one attached hydrogen (secondary N) is 1. The molecule has 6 heteroatoms. The Morgan fingerprint density at radius 2 is 1.89 bits per heavy atom. The Labute approximate surface area is 109 Å². The molecule has 0 fully saturated rings. The van der Waals surface area contributed by atoms with Gasteiger partial charge in [0.15, 0.2) is 0 Å². The predicted octanol–water partition coefficient (Wildman–Crippen LogP) is 4.14. The Kier molecular flexibility index (Phi) is 6.18. The van der Waals surface area contributed by atoms with Gasteiger partial charge in [-0.25, -0.2) is 0 Å². The van der Waals surface area contributed by atoms with Crippen molar-refractivity contribution in [1.29, 1.82) is 0 Å². The van der Waals surface area contributed by atoms with Gasteiger partial charge in [-0.3, -0.25) is 0 Å². The number of hydrogen-bond donors (Lipinski definition) is 1. The summed E-state index contributed by atoms with van der Waals surface area (Å²) in [6, 6.07) is 7.19. The Hall–Kier alpha value is -1.04. The van der Waals surface area contributed by atoms with Gasteiger partial charge in [0.05, 0.1) is 6.61 Å². The summed E-state index contributed by atoms with van der Waals surface area (Å²) < 4.78 is 41.0. The smallest absolute Gasteiger partial charge is 0.441 e. The van der Waals surface area contributed by atoms with Crippen molar-refractivity contribution in [2.45, 2.75) is 18.9 Å². The van der Waals surface area contributed by atoms with Crippen molar-refractivity contribution in [3.05, 3.63) is 24.3 Å². The summed E-state index contributed by atoms with van der Waals surface area (Å²) in [5.41, 5.74) is -3.36. The lowest BCUT2D eigenvalue weighted by Gasteiger charge is -2.09. The lowest BCUT2D eigenvalue weighted by Crippen LogP contribution is -2.09. The third kappa shape index (κ3) is 6.64. The maximum absolute atomic E-state index is 11.9. The van der Waals surface area contributed by atoms with E-state index < -0.39 is 5.51 Å². The molecule has 0 atom stereocenters. The van der Waals surface area contributed by atoms with Gasteiger partial charge in [0.1, 0.15) is 5.75 Å². The van der Waals surface area contributed by atoms with Gasteiger partial charge >= 0.3 is 5.51 Å². The van der Waals surface area contributed by atoms with Crippen LogP contribution in [-0.2, 0) is 0 Å². The molecule has 0 aromatic heterocycles. The van der Waals surface area contributed by atoms with Crippen LogP contribution in [0.15, 0.2) is 24.3 Å². The molecule has 1 aromatic carbocycles. The van der Waals surface area contributed by atoms with Gasteiger partial charge in [0, 0.05) is 18.0 Å². The predicted molar refractivity (Wildman–Crippen MR) is 69.2 cm³/mol. The van der Waals surface area contributed by atoms with E-state index in [9.17, 15) is 13.2 Å². The van der Waals surface area contributed by atoms with Crippen LogP contribution in [0.3, 0.4) is 0 Å². The van der Waals surface area contributed by atoms with Crippen molar-refractivity contribution in [1.82, 2.24) is 0 Å². The molecule has 0 radical (unpaired) electrons. The topological polar surface area (TPSA) is 21.3 Å². The molecular weight excluding hydrogens is 263 g/mol. The van der Waals surface area contributed by atoms with Gasteiger partial charge in [-0.15, -0.1) is 0 Å². The fourth-order valence-electron chi connectivity index (χ4n) is 1.25. The molecule has 1 aromatic rings. The van der Waals surface area contributed by atoms with Crippen molar-refractivity contribution in [2.24, 2.45) is 0 Å². The molecule has 0 spiro atoms. The van der Waals surface area contributed by atoms with E-state index in [0.29, 0.717) is 6.61 Å². The second kappa shape index (κ2) is 7.41. The van der Waals surface area contributed by atoms with Crippen LogP contribution in [0.1, 0.15) is 13.3 Å². The minimum atomic E-state index is -4.15. The van der Waals surface area contributed by atoms with Crippen LogP contribution in [0.2, 0.25) is 0 Å². The molecular formula is C12H16F3NOS. The number of rotatable bonds is 7. The van der Waals surface area contributed by atoms with Gasteiger partial charge in [-0.05, 0) is 42.4 Å². The number of thioether (sulfide) groups is 1. The van der Waals surface area contributed by atoms with Crippen molar-refractivity contribution >= 4 is 17.4 Å². The van der Waals surface area contributed by atoms with E-state index in [1.807, 2.05) is 6.92 Å². The fraction of sp³-hybridized carbons (Fsp3) is 0.500. The summed E-state index contributed by atoms with van der Waals surface area (Å²) in [5.74, 6) is 0.768.